The van der Waals surface area contributed by atoms with Crippen molar-refractivity contribution in [2.24, 2.45) is 0 Å². The molecule has 3 heteroatoms. The van der Waals surface area contributed by atoms with Crippen molar-refractivity contribution < 1.29 is 14.3 Å². The zero-order chi connectivity index (χ0) is 10.1. The summed E-state index contributed by atoms with van der Waals surface area (Å²) in [6.07, 6.45) is 3.71. The van der Waals surface area contributed by atoms with Crippen LogP contribution in [0.25, 0.3) is 0 Å². The normalized spacial score (nSPS) is 10.3. The number of carbonyl (C=O) groups is 1. The molecule has 13 heavy (non-hydrogen) atoms. The van der Waals surface area contributed by atoms with Crippen molar-refractivity contribution in [3.8, 4) is 0 Å². The maximum Gasteiger partial charge on any atom is 0.332 e. The van der Waals surface area contributed by atoms with Gasteiger partial charge in [0, 0.05) is 0 Å². The second kappa shape index (κ2) is 7.55. The number of allylic oxidation sites excluding steroid dienone is 1. The lowest BCUT2D eigenvalue weighted by Crippen LogP contribution is -2.13. The topological polar surface area (TPSA) is 35.5 Å². The largest absolute Gasteiger partial charge is 0.464 e. The number of carbonyl (C=O) groups excluding carboxylic acids is 1. The summed E-state index contributed by atoms with van der Waals surface area (Å²) in [7, 11) is 0. The van der Waals surface area contributed by atoms with E-state index in [9.17, 15) is 4.79 Å². The molecule has 0 amide bonds. The SMILES string of the molecule is C=C(C=CC)COCC(=O)OCC. The minimum absolute atomic E-state index is 0.00951. The molecule has 74 valence electrons. The molecule has 0 aromatic heterocycles. The van der Waals surface area contributed by atoms with Crippen molar-refractivity contribution in [2.45, 2.75) is 13.8 Å². The zero-order valence-electron chi connectivity index (χ0n) is 8.21. The quantitative estimate of drug-likeness (QED) is 0.465. The lowest BCUT2D eigenvalue weighted by Gasteiger charge is -2.03. The Morgan fingerprint density at radius 1 is 1.46 bits per heavy atom. The van der Waals surface area contributed by atoms with Crippen LogP contribution in [-0.4, -0.2) is 25.8 Å². The molecular formula is C10H16O3. The summed E-state index contributed by atoms with van der Waals surface area (Å²) >= 11 is 0. The average molecular weight is 184 g/mol. The van der Waals surface area contributed by atoms with Crippen molar-refractivity contribution in [3.63, 3.8) is 0 Å². The Morgan fingerprint density at radius 3 is 2.69 bits per heavy atom. The van der Waals surface area contributed by atoms with E-state index in [2.05, 4.69) is 11.3 Å². The predicted octanol–water partition coefficient (Wildman–Crippen LogP) is 1.70. The van der Waals surface area contributed by atoms with Gasteiger partial charge in [0.1, 0.15) is 6.61 Å². The Hall–Kier alpha value is -1.09. The fourth-order valence-corrected chi connectivity index (χ4v) is 0.752. The lowest BCUT2D eigenvalue weighted by molar-refractivity contribution is -0.148. The average Bonchev–Trinajstić information content (AvgIpc) is 2.05. The van der Waals surface area contributed by atoms with Gasteiger partial charge in [0.2, 0.25) is 0 Å². The van der Waals surface area contributed by atoms with Crippen LogP contribution in [0.1, 0.15) is 13.8 Å². The Kier molecular flexibility index (Phi) is 6.92. The van der Waals surface area contributed by atoms with Crippen molar-refractivity contribution in [1.29, 1.82) is 0 Å². The molecule has 0 saturated carbocycles. The van der Waals surface area contributed by atoms with E-state index in [4.69, 9.17) is 4.74 Å². The molecule has 0 N–H and O–H groups in total. The first kappa shape index (κ1) is 11.9. The van der Waals surface area contributed by atoms with Gasteiger partial charge in [0.15, 0.2) is 0 Å². The van der Waals surface area contributed by atoms with E-state index < -0.39 is 0 Å². The van der Waals surface area contributed by atoms with E-state index in [1.165, 1.54) is 0 Å². The van der Waals surface area contributed by atoms with Crippen LogP contribution in [-0.2, 0) is 14.3 Å². The molecule has 0 aliphatic carbocycles. The molecule has 3 nitrogen and oxygen atoms in total. The van der Waals surface area contributed by atoms with Gasteiger partial charge in [-0.2, -0.15) is 0 Å². The highest BCUT2D eigenvalue weighted by molar-refractivity contribution is 5.70. The minimum Gasteiger partial charge on any atom is -0.464 e. The second-order valence-corrected chi connectivity index (χ2v) is 2.46. The maximum absolute atomic E-state index is 10.8. The lowest BCUT2D eigenvalue weighted by atomic mass is 10.3. The van der Waals surface area contributed by atoms with Gasteiger partial charge in [-0.15, -0.1) is 0 Å². The summed E-state index contributed by atoms with van der Waals surface area (Å²) in [5.74, 6) is -0.337. The molecular weight excluding hydrogens is 168 g/mol. The van der Waals surface area contributed by atoms with Crippen LogP contribution in [0.15, 0.2) is 24.3 Å². The fraction of sp³-hybridized carbons (Fsp3) is 0.500. The molecule has 0 heterocycles. The minimum atomic E-state index is -0.337. The molecule has 0 atom stereocenters. The van der Waals surface area contributed by atoms with E-state index in [0.717, 1.165) is 5.57 Å². The van der Waals surface area contributed by atoms with Crippen LogP contribution in [0.5, 0.6) is 0 Å². The second-order valence-electron chi connectivity index (χ2n) is 2.46. The van der Waals surface area contributed by atoms with Crippen molar-refractivity contribution in [1.82, 2.24) is 0 Å². The van der Waals surface area contributed by atoms with E-state index >= 15 is 0 Å². The monoisotopic (exact) mass is 184 g/mol. The number of hydrogen-bond donors (Lipinski definition) is 0. The van der Waals surface area contributed by atoms with Gasteiger partial charge in [0.25, 0.3) is 0 Å². The highest BCUT2D eigenvalue weighted by Gasteiger charge is 2.00. The third-order valence-electron chi connectivity index (χ3n) is 1.22. The van der Waals surface area contributed by atoms with Gasteiger partial charge in [0.05, 0.1) is 13.2 Å². The van der Waals surface area contributed by atoms with Crippen molar-refractivity contribution in [3.05, 3.63) is 24.3 Å². The van der Waals surface area contributed by atoms with Gasteiger partial charge in [-0.3, -0.25) is 0 Å². The summed E-state index contributed by atoms with van der Waals surface area (Å²) in [4.78, 5) is 10.8. The molecule has 0 aliphatic rings. The van der Waals surface area contributed by atoms with E-state index in [1.54, 1.807) is 6.92 Å². The van der Waals surface area contributed by atoms with Gasteiger partial charge in [-0.05, 0) is 19.4 Å². The van der Waals surface area contributed by atoms with Crippen LogP contribution in [0.4, 0.5) is 0 Å². The smallest absolute Gasteiger partial charge is 0.332 e. The van der Waals surface area contributed by atoms with Gasteiger partial charge in [-0.25, -0.2) is 4.79 Å². The first-order valence-electron chi connectivity index (χ1n) is 4.24. The molecule has 0 spiro atoms. The molecule has 0 aromatic rings. The van der Waals surface area contributed by atoms with E-state index in [1.807, 2.05) is 19.1 Å². The van der Waals surface area contributed by atoms with Crippen LogP contribution < -0.4 is 0 Å². The van der Waals surface area contributed by atoms with Crippen LogP contribution >= 0.6 is 0 Å². The fourth-order valence-electron chi connectivity index (χ4n) is 0.752. The highest BCUT2D eigenvalue weighted by Crippen LogP contribution is 1.93. The molecule has 0 bridgehead atoms. The van der Waals surface area contributed by atoms with Crippen molar-refractivity contribution >= 4 is 5.97 Å². The van der Waals surface area contributed by atoms with Crippen LogP contribution in [0, 0.1) is 0 Å². The molecule has 0 aromatic carbocycles. The number of ether oxygens (including phenoxy) is 2. The van der Waals surface area contributed by atoms with E-state index in [-0.39, 0.29) is 12.6 Å². The standard InChI is InChI=1S/C10H16O3/c1-4-6-9(3)7-12-8-10(11)13-5-2/h4,6H,3,5,7-8H2,1-2H3. The van der Waals surface area contributed by atoms with Crippen LogP contribution in [0.2, 0.25) is 0 Å². The molecule has 0 radical (unpaired) electrons. The first-order valence-corrected chi connectivity index (χ1v) is 4.24. The van der Waals surface area contributed by atoms with Gasteiger partial charge < -0.3 is 9.47 Å². The predicted molar refractivity (Wildman–Crippen MR) is 51.4 cm³/mol. The molecule has 0 fully saturated rings. The molecule has 0 saturated heterocycles. The third kappa shape index (κ3) is 7.28. The Balaban J connectivity index is 3.44. The van der Waals surface area contributed by atoms with E-state index in [0.29, 0.717) is 13.2 Å². The molecule has 0 rings (SSSR count). The highest BCUT2D eigenvalue weighted by atomic mass is 16.6. The Labute approximate surface area is 79.0 Å². The van der Waals surface area contributed by atoms with Gasteiger partial charge in [-0.1, -0.05) is 18.7 Å². The summed E-state index contributed by atoms with van der Waals surface area (Å²) < 4.78 is 9.71. The third-order valence-corrected chi connectivity index (χ3v) is 1.22. The summed E-state index contributed by atoms with van der Waals surface area (Å²) in [5, 5.41) is 0. The van der Waals surface area contributed by atoms with Gasteiger partial charge >= 0.3 is 5.97 Å². The summed E-state index contributed by atoms with van der Waals surface area (Å²) in [5.41, 5.74) is 0.840. The number of esters is 1. The van der Waals surface area contributed by atoms with Crippen LogP contribution in [0.3, 0.4) is 0 Å². The molecule has 0 aliphatic heterocycles. The van der Waals surface area contributed by atoms with Crippen molar-refractivity contribution in [2.75, 3.05) is 19.8 Å². The summed E-state index contributed by atoms with van der Waals surface area (Å²) in [6.45, 7) is 8.12. The zero-order valence-corrected chi connectivity index (χ0v) is 8.21. The Bertz CT molecular complexity index is 194. The summed E-state index contributed by atoms with van der Waals surface area (Å²) in [6, 6.07) is 0. The number of rotatable bonds is 6. The number of hydrogen-bond acceptors (Lipinski definition) is 3. The Morgan fingerprint density at radius 2 is 2.15 bits per heavy atom. The molecule has 0 unspecified atom stereocenters. The first-order chi connectivity index (χ1) is 6.20. The maximum atomic E-state index is 10.8.